The van der Waals surface area contributed by atoms with Crippen LogP contribution in [0.4, 0.5) is 11.4 Å². The normalized spacial score (nSPS) is 22.4. The Morgan fingerprint density at radius 2 is 1.56 bits per heavy atom. The van der Waals surface area contributed by atoms with Crippen LogP contribution >= 0.6 is 23.2 Å². The van der Waals surface area contributed by atoms with Crippen LogP contribution in [0.5, 0.6) is 5.75 Å². The van der Waals surface area contributed by atoms with Crippen molar-refractivity contribution in [2.75, 3.05) is 17.1 Å². The Bertz CT molecular complexity index is 1200. The van der Waals surface area contributed by atoms with E-state index >= 15 is 0 Å². The van der Waals surface area contributed by atoms with Gasteiger partial charge in [0, 0.05) is 5.56 Å². The van der Waals surface area contributed by atoms with Gasteiger partial charge >= 0.3 is 0 Å². The monoisotopic (exact) mass is 468 g/mol. The maximum absolute atomic E-state index is 13.6. The third kappa shape index (κ3) is 3.23. The molecule has 3 aromatic carbocycles. The van der Waals surface area contributed by atoms with Crippen molar-refractivity contribution < 1.29 is 19.2 Å². The van der Waals surface area contributed by atoms with E-state index in [-0.39, 0.29) is 10.9 Å². The second-order valence-electron chi connectivity index (χ2n) is 7.51. The predicted molar refractivity (Wildman–Crippen MR) is 122 cm³/mol. The van der Waals surface area contributed by atoms with Crippen LogP contribution in [0, 0.1) is 5.92 Å². The maximum Gasteiger partial charge on any atom is 0.266 e. The Labute approximate surface area is 194 Å². The highest BCUT2D eigenvalue weighted by atomic mass is 35.5. The summed E-state index contributed by atoms with van der Waals surface area (Å²) in [4.78, 5) is 34.2. The maximum atomic E-state index is 13.6. The average molecular weight is 469 g/mol. The van der Waals surface area contributed by atoms with Gasteiger partial charge in [-0.2, -0.15) is 0 Å². The minimum Gasteiger partial charge on any atom is -0.496 e. The number of fused-ring (bicyclic) bond motifs is 1. The molecular formula is C24H18Cl2N2O4. The molecule has 2 amide bonds. The molecule has 32 heavy (non-hydrogen) atoms. The molecule has 2 heterocycles. The van der Waals surface area contributed by atoms with E-state index in [4.69, 9.17) is 32.8 Å². The number of ether oxygens (including phenoxy) is 1. The van der Waals surface area contributed by atoms with Crippen LogP contribution in [0.25, 0.3) is 0 Å². The number of hydrogen-bond donors (Lipinski definition) is 0. The van der Waals surface area contributed by atoms with Crippen LogP contribution in [0.15, 0.2) is 72.8 Å². The molecule has 8 heteroatoms. The van der Waals surface area contributed by atoms with Crippen molar-refractivity contribution in [3.8, 4) is 5.75 Å². The summed E-state index contributed by atoms with van der Waals surface area (Å²) in [6.45, 7) is 0. The van der Waals surface area contributed by atoms with Gasteiger partial charge in [0.05, 0.1) is 34.6 Å². The highest BCUT2D eigenvalue weighted by Gasteiger charge is 2.60. The number of rotatable bonds is 4. The highest BCUT2D eigenvalue weighted by molar-refractivity contribution is 6.42. The van der Waals surface area contributed by atoms with Crippen LogP contribution in [0.1, 0.15) is 11.6 Å². The van der Waals surface area contributed by atoms with E-state index in [9.17, 15) is 9.59 Å². The van der Waals surface area contributed by atoms with Gasteiger partial charge < -0.3 is 4.74 Å². The van der Waals surface area contributed by atoms with Gasteiger partial charge in [-0.3, -0.25) is 14.4 Å². The van der Waals surface area contributed by atoms with E-state index in [0.717, 1.165) is 16.2 Å². The Hall–Kier alpha value is -3.06. The zero-order chi connectivity index (χ0) is 22.4. The van der Waals surface area contributed by atoms with Crippen LogP contribution in [-0.4, -0.2) is 25.0 Å². The molecular weight excluding hydrogens is 451 g/mol. The number of nitrogens with zero attached hydrogens (tertiary/aromatic N) is 2. The molecule has 0 saturated carbocycles. The van der Waals surface area contributed by atoms with Crippen molar-refractivity contribution in [1.82, 2.24) is 0 Å². The van der Waals surface area contributed by atoms with Crippen LogP contribution in [0.3, 0.4) is 0 Å². The van der Waals surface area contributed by atoms with Gasteiger partial charge in [0.15, 0.2) is 6.10 Å². The zero-order valence-electron chi connectivity index (χ0n) is 16.9. The number of para-hydroxylation sites is 2. The lowest BCUT2D eigenvalue weighted by atomic mass is 9.90. The number of carbonyl (C=O) groups is 2. The number of imide groups is 1. The van der Waals surface area contributed by atoms with Crippen molar-refractivity contribution >= 4 is 46.4 Å². The molecule has 0 bridgehead atoms. The molecule has 0 radical (unpaired) electrons. The van der Waals surface area contributed by atoms with Gasteiger partial charge in [0.25, 0.3) is 5.91 Å². The smallest absolute Gasteiger partial charge is 0.266 e. The van der Waals surface area contributed by atoms with Crippen LogP contribution < -0.4 is 14.7 Å². The number of halogens is 2. The van der Waals surface area contributed by atoms with Gasteiger partial charge in [-0.05, 0) is 36.4 Å². The number of anilines is 2. The summed E-state index contributed by atoms with van der Waals surface area (Å²) in [5.41, 5.74) is 1.85. The SMILES string of the molecule is COc1ccccc1[C@H]1[C@H]2C(=O)N(c3ccc(Cl)c(Cl)c3)C(=O)[C@H]2ON1c1ccccc1. The Balaban J connectivity index is 1.61. The third-order valence-electron chi connectivity index (χ3n) is 5.75. The lowest BCUT2D eigenvalue weighted by Crippen LogP contribution is -2.37. The fraction of sp³-hybridized carbons (Fsp3) is 0.167. The lowest BCUT2D eigenvalue weighted by Gasteiger charge is -2.29. The minimum absolute atomic E-state index is 0.259. The molecule has 162 valence electrons. The highest BCUT2D eigenvalue weighted by Crippen LogP contribution is 2.49. The molecule has 0 aliphatic carbocycles. The van der Waals surface area contributed by atoms with Crippen molar-refractivity contribution in [3.05, 3.63) is 88.4 Å². The van der Waals surface area contributed by atoms with Crippen LogP contribution in [0.2, 0.25) is 10.0 Å². The molecule has 2 aliphatic heterocycles. The number of amides is 2. The fourth-order valence-electron chi connectivity index (χ4n) is 4.32. The number of carbonyl (C=O) groups excluding carboxylic acids is 2. The standard InChI is InChI=1S/C24H18Cl2N2O4/c1-31-19-10-6-5-9-16(19)21-20-22(32-28(21)14-7-3-2-4-8-14)24(30)27(23(20)29)15-11-12-17(25)18(26)13-15/h2-13,20-22H,1H3/t20-,21+,22+/m1/s1. The molecule has 6 nitrogen and oxygen atoms in total. The summed E-state index contributed by atoms with van der Waals surface area (Å²) in [6, 6.07) is 20.9. The van der Waals surface area contributed by atoms with E-state index in [1.165, 1.54) is 6.07 Å². The molecule has 2 aliphatic rings. The molecule has 0 unspecified atom stereocenters. The Kier molecular flexibility index (Phi) is 5.29. The van der Waals surface area contributed by atoms with E-state index < -0.39 is 24.0 Å². The summed E-state index contributed by atoms with van der Waals surface area (Å²) in [6.07, 6.45) is -0.980. The van der Waals surface area contributed by atoms with Gasteiger partial charge in [-0.1, -0.05) is 59.6 Å². The van der Waals surface area contributed by atoms with E-state index in [2.05, 4.69) is 0 Å². The van der Waals surface area contributed by atoms with E-state index in [1.807, 2.05) is 54.6 Å². The summed E-state index contributed by atoms with van der Waals surface area (Å²) < 4.78 is 5.57. The van der Waals surface area contributed by atoms with Crippen LogP contribution in [-0.2, 0) is 14.4 Å². The van der Waals surface area contributed by atoms with E-state index in [0.29, 0.717) is 16.5 Å². The Morgan fingerprint density at radius 1 is 0.844 bits per heavy atom. The Morgan fingerprint density at radius 3 is 2.28 bits per heavy atom. The molecule has 3 atom stereocenters. The first-order valence-electron chi connectivity index (χ1n) is 9.98. The molecule has 5 rings (SSSR count). The van der Waals surface area contributed by atoms with Crippen molar-refractivity contribution in [1.29, 1.82) is 0 Å². The summed E-state index contributed by atoms with van der Waals surface area (Å²) in [5.74, 6) is -0.978. The average Bonchev–Trinajstić information content (AvgIpc) is 3.32. The molecule has 0 N–H and O–H groups in total. The number of methoxy groups -OCH3 is 1. The van der Waals surface area contributed by atoms with Gasteiger partial charge in [0.2, 0.25) is 5.91 Å². The largest absolute Gasteiger partial charge is 0.496 e. The molecule has 3 aromatic rings. The number of hydroxylamine groups is 1. The van der Waals surface area contributed by atoms with Gasteiger partial charge in [-0.15, -0.1) is 0 Å². The number of hydrogen-bond acceptors (Lipinski definition) is 5. The predicted octanol–water partition coefficient (Wildman–Crippen LogP) is 5.05. The second kappa shape index (κ2) is 8.13. The first-order valence-corrected chi connectivity index (χ1v) is 10.7. The summed E-state index contributed by atoms with van der Waals surface area (Å²) in [5, 5.41) is 2.23. The summed E-state index contributed by atoms with van der Waals surface area (Å²) in [7, 11) is 1.57. The minimum atomic E-state index is -0.980. The molecule has 0 spiro atoms. The first-order chi connectivity index (χ1) is 15.5. The zero-order valence-corrected chi connectivity index (χ0v) is 18.5. The topological polar surface area (TPSA) is 59.1 Å². The van der Waals surface area contributed by atoms with Crippen molar-refractivity contribution in [3.63, 3.8) is 0 Å². The number of benzene rings is 3. The molecule has 2 saturated heterocycles. The second-order valence-corrected chi connectivity index (χ2v) is 8.32. The van der Waals surface area contributed by atoms with E-state index in [1.54, 1.807) is 24.3 Å². The van der Waals surface area contributed by atoms with Gasteiger partial charge in [-0.25, -0.2) is 9.96 Å². The lowest BCUT2D eigenvalue weighted by molar-refractivity contribution is -0.126. The van der Waals surface area contributed by atoms with Crippen molar-refractivity contribution in [2.24, 2.45) is 5.92 Å². The fourth-order valence-corrected chi connectivity index (χ4v) is 4.61. The molecule has 0 aromatic heterocycles. The third-order valence-corrected chi connectivity index (χ3v) is 6.48. The van der Waals surface area contributed by atoms with Crippen molar-refractivity contribution in [2.45, 2.75) is 12.1 Å². The molecule has 2 fully saturated rings. The quantitative estimate of drug-likeness (QED) is 0.501. The summed E-state index contributed by atoms with van der Waals surface area (Å²) >= 11 is 12.2. The van der Waals surface area contributed by atoms with Gasteiger partial charge in [0.1, 0.15) is 11.7 Å². The first kappa shape index (κ1) is 20.8.